The van der Waals surface area contributed by atoms with E-state index in [1.54, 1.807) is 11.3 Å². The Morgan fingerprint density at radius 2 is 1.92 bits per heavy atom. The van der Waals surface area contributed by atoms with E-state index in [2.05, 4.69) is 30.2 Å². The van der Waals surface area contributed by atoms with Gasteiger partial charge in [0.2, 0.25) is 4.96 Å². The van der Waals surface area contributed by atoms with Crippen molar-refractivity contribution in [2.24, 2.45) is 0 Å². The second-order valence-electron chi connectivity index (χ2n) is 5.96. The lowest BCUT2D eigenvalue weighted by Gasteiger charge is -2.33. The molecule has 3 aromatic heterocycles. The molecule has 0 radical (unpaired) electrons. The third kappa shape index (κ3) is 3.06. The molecule has 0 N–H and O–H groups in total. The van der Waals surface area contributed by atoms with E-state index in [0.29, 0.717) is 4.96 Å². The average Bonchev–Trinajstić information content (AvgIpc) is 3.14. The van der Waals surface area contributed by atoms with Crippen LogP contribution in [0.5, 0.6) is 0 Å². The van der Waals surface area contributed by atoms with Crippen LogP contribution in [0.4, 0.5) is 5.13 Å². The van der Waals surface area contributed by atoms with Gasteiger partial charge < -0.3 is 4.90 Å². The summed E-state index contributed by atoms with van der Waals surface area (Å²) in [5.74, 6) is 0. The van der Waals surface area contributed by atoms with Gasteiger partial charge in [0.25, 0.3) is 5.56 Å². The lowest BCUT2D eigenvalue weighted by molar-refractivity contribution is 0.248. The van der Waals surface area contributed by atoms with Gasteiger partial charge in [0.1, 0.15) is 5.01 Å². The zero-order chi connectivity index (χ0) is 16.7. The largest absolute Gasteiger partial charge is 0.346 e. The summed E-state index contributed by atoms with van der Waals surface area (Å²) in [4.78, 5) is 26.3. The van der Waals surface area contributed by atoms with E-state index in [9.17, 15) is 4.79 Å². The van der Waals surface area contributed by atoms with Crippen LogP contribution < -0.4 is 10.5 Å². The number of nitrogens with zero attached hydrogens (tertiary/aromatic N) is 6. The summed E-state index contributed by atoms with van der Waals surface area (Å²) < 4.78 is 1.40. The minimum absolute atomic E-state index is 0.107. The van der Waals surface area contributed by atoms with Gasteiger partial charge in [-0.15, -0.1) is 11.3 Å². The number of rotatable bonds is 3. The maximum Gasteiger partial charge on any atom is 0.275 e. The van der Waals surface area contributed by atoms with Crippen LogP contribution in [-0.2, 0) is 6.54 Å². The number of thiazole rings is 1. The Balaban J connectivity index is 1.44. The summed E-state index contributed by atoms with van der Waals surface area (Å²) in [6.07, 6.45) is 0. The first-order valence-electron chi connectivity index (χ1n) is 7.84. The van der Waals surface area contributed by atoms with Crippen LogP contribution >= 0.6 is 22.7 Å². The standard InChI is InChI=1S/C15H18N6OS2/c1-10-7-13(22)21-15(16-10)24-12(18-21)8-19-3-5-20(6-4-19)14-17-11(2)9-23-14/h7,9H,3-6,8H2,1-2H3. The molecule has 0 aromatic carbocycles. The molecule has 0 aliphatic carbocycles. The third-order valence-corrected chi connectivity index (χ3v) is 5.94. The normalized spacial score (nSPS) is 16.2. The molecule has 7 nitrogen and oxygen atoms in total. The number of hydrogen-bond donors (Lipinski definition) is 0. The van der Waals surface area contributed by atoms with Gasteiger partial charge in [-0.25, -0.2) is 9.97 Å². The number of aryl methyl sites for hydroxylation is 2. The van der Waals surface area contributed by atoms with E-state index < -0.39 is 0 Å². The summed E-state index contributed by atoms with van der Waals surface area (Å²) in [7, 11) is 0. The minimum atomic E-state index is -0.107. The molecule has 126 valence electrons. The van der Waals surface area contributed by atoms with Crippen LogP contribution in [0.15, 0.2) is 16.2 Å². The Morgan fingerprint density at radius 1 is 1.12 bits per heavy atom. The van der Waals surface area contributed by atoms with Gasteiger partial charge in [0.15, 0.2) is 5.13 Å². The van der Waals surface area contributed by atoms with Crippen molar-refractivity contribution in [3.63, 3.8) is 0 Å². The predicted octanol–water partition coefficient (Wildman–Crippen LogP) is 1.55. The maximum absolute atomic E-state index is 11.9. The van der Waals surface area contributed by atoms with Crippen molar-refractivity contribution in [2.75, 3.05) is 31.1 Å². The molecule has 1 saturated heterocycles. The second-order valence-corrected chi connectivity index (χ2v) is 7.84. The van der Waals surface area contributed by atoms with Crippen molar-refractivity contribution in [3.05, 3.63) is 38.2 Å². The highest BCUT2D eigenvalue weighted by Crippen LogP contribution is 2.22. The molecule has 0 amide bonds. The van der Waals surface area contributed by atoms with Crippen molar-refractivity contribution in [2.45, 2.75) is 20.4 Å². The van der Waals surface area contributed by atoms with Gasteiger partial charge in [-0.05, 0) is 13.8 Å². The summed E-state index contributed by atoms with van der Waals surface area (Å²) in [5, 5.41) is 8.56. The fraction of sp³-hybridized carbons (Fsp3) is 0.467. The number of fused-ring (bicyclic) bond motifs is 1. The molecule has 4 heterocycles. The molecule has 3 aromatic rings. The molecule has 0 spiro atoms. The quantitative estimate of drug-likeness (QED) is 0.704. The van der Waals surface area contributed by atoms with E-state index in [4.69, 9.17) is 0 Å². The Hall–Kier alpha value is -1.84. The Labute approximate surface area is 147 Å². The molecule has 0 atom stereocenters. The maximum atomic E-state index is 11.9. The van der Waals surface area contributed by atoms with E-state index in [1.165, 1.54) is 21.9 Å². The summed E-state index contributed by atoms with van der Waals surface area (Å²) in [5.41, 5.74) is 1.71. The topological polar surface area (TPSA) is 66.6 Å². The number of piperazine rings is 1. The molecule has 0 unspecified atom stereocenters. The number of aromatic nitrogens is 4. The zero-order valence-corrected chi connectivity index (χ0v) is 15.2. The van der Waals surface area contributed by atoms with Crippen LogP contribution in [-0.4, -0.2) is 50.7 Å². The molecule has 24 heavy (non-hydrogen) atoms. The van der Waals surface area contributed by atoms with Gasteiger partial charge in [-0.2, -0.15) is 9.61 Å². The molecule has 4 rings (SSSR count). The fourth-order valence-corrected chi connectivity index (χ4v) is 4.64. The summed E-state index contributed by atoms with van der Waals surface area (Å²) in [6, 6.07) is 1.52. The van der Waals surface area contributed by atoms with Crippen LogP contribution in [0, 0.1) is 13.8 Å². The number of anilines is 1. The van der Waals surface area contributed by atoms with Crippen molar-refractivity contribution in [1.29, 1.82) is 0 Å². The highest BCUT2D eigenvalue weighted by molar-refractivity contribution is 7.16. The Morgan fingerprint density at radius 3 is 2.62 bits per heavy atom. The predicted molar refractivity (Wildman–Crippen MR) is 96.2 cm³/mol. The first-order valence-corrected chi connectivity index (χ1v) is 9.54. The Kier molecular flexibility index (Phi) is 4.07. The molecule has 9 heteroatoms. The first-order chi connectivity index (χ1) is 11.6. The van der Waals surface area contributed by atoms with Crippen LogP contribution in [0.3, 0.4) is 0 Å². The molecule has 1 fully saturated rings. The smallest absolute Gasteiger partial charge is 0.275 e. The van der Waals surface area contributed by atoms with Crippen molar-refractivity contribution in [3.8, 4) is 0 Å². The SMILES string of the molecule is Cc1csc(N2CCN(Cc3nn4c(=O)cc(C)nc4s3)CC2)n1. The van der Waals surface area contributed by atoms with Crippen LogP contribution in [0.2, 0.25) is 0 Å². The van der Waals surface area contributed by atoms with Crippen LogP contribution in [0.25, 0.3) is 4.96 Å². The van der Waals surface area contributed by atoms with Gasteiger partial charge in [-0.3, -0.25) is 9.69 Å². The molecule has 0 bridgehead atoms. The third-order valence-electron chi connectivity index (χ3n) is 4.02. The van der Waals surface area contributed by atoms with Crippen molar-refractivity contribution >= 4 is 32.8 Å². The van der Waals surface area contributed by atoms with E-state index in [1.807, 2.05) is 13.8 Å². The molecule has 1 aliphatic rings. The summed E-state index contributed by atoms with van der Waals surface area (Å²) >= 11 is 3.20. The van der Waals surface area contributed by atoms with Crippen LogP contribution in [0.1, 0.15) is 16.4 Å². The fourth-order valence-electron chi connectivity index (χ4n) is 2.80. The lowest BCUT2D eigenvalue weighted by atomic mass is 10.3. The molecular formula is C15H18N6OS2. The average molecular weight is 362 g/mol. The molecular weight excluding hydrogens is 344 g/mol. The second kappa shape index (κ2) is 6.23. The lowest BCUT2D eigenvalue weighted by Crippen LogP contribution is -2.45. The van der Waals surface area contributed by atoms with Gasteiger partial charge >= 0.3 is 0 Å². The number of hydrogen-bond acceptors (Lipinski definition) is 8. The minimum Gasteiger partial charge on any atom is -0.346 e. The highest BCUT2D eigenvalue weighted by atomic mass is 32.1. The van der Waals surface area contributed by atoms with E-state index in [-0.39, 0.29) is 5.56 Å². The highest BCUT2D eigenvalue weighted by Gasteiger charge is 2.20. The molecule has 0 saturated carbocycles. The first kappa shape index (κ1) is 15.7. The van der Waals surface area contributed by atoms with Gasteiger partial charge in [0.05, 0.1) is 12.2 Å². The van der Waals surface area contributed by atoms with E-state index in [0.717, 1.165) is 54.3 Å². The zero-order valence-electron chi connectivity index (χ0n) is 13.6. The summed E-state index contributed by atoms with van der Waals surface area (Å²) in [6.45, 7) is 8.49. The molecule has 1 aliphatic heterocycles. The van der Waals surface area contributed by atoms with Gasteiger partial charge in [0, 0.05) is 43.3 Å². The van der Waals surface area contributed by atoms with Gasteiger partial charge in [-0.1, -0.05) is 11.3 Å². The Bertz CT molecular complexity index is 922. The van der Waals surface area contributed by atoms with E-state index >= 15 is 0 Å². The van der Waals surface area contributed by atoms with Crippen molar-refractivity contribution < 1.29 is 0 Å². The monoisotopic (exact) mass is 362 g/mol. The van der Waals surface area contributed by atoms with Crippen molar-refractivity contribution in [1.82, 2.24) is 24.5 Å².